The normalized spacial score (nSPS) is 11.3. The smallest absolute Gasteiger partial charge is 0.0546 e. The molecule has 310 valence electrons. The SMILES string of the molecule is c1ccc(N(c2ccc3ccccc3c2-c2ccc(-c3ccc(-c4c(N(c5ccccc5)c5cccc6ccccc56)ccc5ccccc45)cc3)cc2)c2cccc3ccccc23)cc1. The van der Waals surface area contributed by atoms with Crippen LogP contribution in [0.4, 0.5) is 34.1 Å². The summed E-state index contributed by atoms with van der Waals surface area (Å²) in [5.74, 6) is 0. The van der Waals surface area contributed by atoms with E-state index in [1.807, 2.05) is 0 Å². The van der Waals surface area contributed by atoms with E-state index in [0.29, 0.717) is 0 Å². The molecule has 2 nitrogen and oxygen atoms in total. The first-order valence-electron chi connectivity index (χ1n) is 22.7. The first-order chi connectivity index (χ1) is 32.8. The van der Waals surface area contributed by atoms with E-state index in [-0.39, 0.29) is 0 Å². The molecule has 0 aliphatic rings. The highest BCUT2D eigenvalue weighted by Gasteiger charge is 2.23. The molecule has 0 aliphatic heterocycles. The van der Waals surface area contributed by atoms with E-state index in [4.69, 9.17) is 0 Å². The Morgan fingerprint density at radius 1 is 0.182 bits per heavy atom. The summed E-state index contributed by atoms with van der Waals surface area (Å²) in [6, 6.07) is 97.0. The van der Waals surface area contributed by atoms with Crippen molar-refractivity contribution in [2.24, 2.45) is 0 Å². The Morgan fingerprint density at radius 3 is 0.879 bits per heavy atom. The minimum absolute atomic E-state index is 1.11. The van der Waals surface area contributed by atoms with Crippen LogP contribution in [-0.4, -0.2) is 0 Å². The Kier molecular flexibility index (Phi) is 9.89. The maximum Gasteiger partial charge on any atom is 0.0546 e. The molecule has 0 unspecified atom stereocenters. The van der Waals surface area contributed by atoms with Crippen LogP contribution >= 0.6 is 0 Å². The molecule has 0 atom stereocenters. The molecule has 66 heavy (non-hydrogen) atoms. The first-order valence-corrected chi connectivity index (χ1v) is 22.7. The van der Waals surface area contributed by atoms with Crippen LogP contribution in [0.3, 0.4) is 0 Å². The number of benzene rings is 12. The summed E-state index contributed by atoms with van der Waals surface area (Å²) in [5.41, 5.74) is 13.8. The summed E-state index contributed by atoms with van der Waals surface area (Å²) >= 11 is 0. The van der Waals surface area contributed by atoms with Crippen LogP contribution < -0.4 is 9.80 Å². The Labute approximate surface area is 385 Å². The van der Waals surface area contributed by atoms with Crippen molar-refractivity contribution in [3.8, 4) is 33.4 Å². The molecule has 0 N–H and O–H groups in total. The summed E-state index contributed by atoms with van der Waals surface area (Å²) in [4.78, 5) is 4.86. The number of para-hydroxylation sites is 2. The average Bonchev–Trinajstić information content (AvgIpc) is 3.39. The molecule has 12 aromatic rings. The average molecular weight is 841 g/mol. The van der Waals surface area contributed by atoms with E-state index in [0.717, 1.165) is 45.3 Å². The topological polar surface area (TPSA) is 6.48 Å². The van der Waals surface area contributed by atoms with E-state index >= 15 is 0 Å². The van der Waals surface area contributed by atoms with Gasteiger partial charge in [0, 0.05) is 33.3 Å². The van der Waals surface area contributed by atoms with Gasteiger partial charge in [-0.25, -0.2) is 0 Å². The van der Waals surface area contributed by atoms with Gasteiger partial charge in [0.2, 0.25) is 0 Å². The number of rotatable bonds is 9. The molecule has 0 fully saturated rings. The molecular weight excluding hydrogens is 797 g/mol. The molecule has 2 heteroatoms. The Morgan fingerprint density at radius 2 is 0.485 bits per heavy atom. The van der Waals surface area contributed by atoms with E-state index in [1.54, 1.807) is 0 Å². The van der Waals surface area contributed by atoms with Crippen molar-refractivity contribution in [3.05, 3.63) is 267 Å². The fourth-order valence-corrected chi connectivity index (χ4v) is 9.93. The molecule has 0 spiro atoms. The highest BCUT2D eigenvalue weighted by atomic mass is 15.2. The molecule has 0 saturated heterocycles. The molecule has 0 bridgehead atoms. The van der Waals surface area contributed by atoms with Crippen molar-refractivity contribution < 1.29 is 0 Å². The maximum absolute atomic E-state index is 2.43. The highest BCUT2D eigenvalue weighted by molar-refractivity contribution is 6.10. The minimum atomic E-state index is 1.11. The Hall–Kier alpha value is -8.72. The molecule has 0 saturated carbocycles. The lowest BCUT2D eigenvalue weighted by atomic mass is 9.92. The molecule has 0 heterocycles. The Balaban J connectivity index is 0.970. The third-order valence-electron chi connectivity index (χ3n) is 13.0. The van der Waals surface area contributed by atoms with Gasteiger partial charge in [0.15, 0.2) is 0 Å². The van der Waals surface area contributed by atoms with Crippen molar-refractivity contribution in [3.63, 3.8) is 0 Å². The van der Waals surface area contributed by atoms with Crippen molar-refractivity contribution in [1.82, 2.24) is 0 Å². The molecule has 0 aromatic heterocycles. The van der Waals surface area contributed by atoms with Gasteiger partial charge in [0.25, 0.3) is 0 Å². The van der Waals surface area contributed by atoms with Gasteiger partial charge in [-0.3, -0.25) is 0 Å². The summed E-state index contributed by atoms with van der Waals surface area (Å²) in [7, 11) is 0. The van der Waals surface area contributed by atoms with Gasteiger partial charge in [-0.1, -0.05) is 218 Å². The second-order valence-corrected chi connectivity index (χ2v) is 16.9. The number of hydrogen-bond acceptors (Lipinski definition) is 2. The number of hydrogen-bond donors (Lipinski definition) is 0. The number of anilines is 6. The molecule has 12 rings (SSSR count). The van der Waals surface area contributed by atoms with Gasteiger partial charge in [-0.2, -0.15) is 0 Å². The maximum atomic E-state index is 2.43. The lowest BCUT2D eigenvalue weighted by Crippen LogP contribution is -2.12. The molecule has 0 amide bonds. The second kappa shape index (κ2) is 16.8. The lowest BCUT2D eigenvalue weighted by molar-refractivity contribution is 1.30. The summed E-state index contributed by atoms with van der Waals surface area (Å²) in [5, 5.41) is 9.69. The molecule has 0 aliphatic carbocycles. The monoisotopic (exact) mass is 840 g/mol. The van der Waals surface area contributed by atoms with Crippen LogP contribution in [-0.2, 0) is 0 Å². The number of nitrogens with zero attached hydrogens (tertiary/aromatic N) is 2. The molecular formula is C64H44N2. The van der Waals surface area contributed by atoms with Gasteiger partial charge in [0.05, 0.1) is 22.7 Å². The van der Waals surface area contributed by atoms with E-state index < -0.39 is 0 Å². The minimum Gasteiger partial charge on any atom is -0.309 e. The van der Waals surface area contributed by atoms with Crippen LogP contribution in [0.1, 0.15) is 0 Å². The fourth-order valence-electron chi connectivity index (χ4n) is 9.93. The van der Waals surface area contributed by atoms with Crippen molar-refractivity contribution in [2.75, 3.05) is 9.80 Å². The zero-order valence-corrected chi connectivity index (χ0v) is 36.3. The second-order valence-electron chi connectivity index (χ2n) is 16.9. The van der Waals surface area contributed by atoms with Gasteiger partial charge in [-0.05, 0) is 103 Å². The summed E-state index contributed by atoms with van der Waals surface area (Å²) in [6.07, 6.45) is 0. The van der Waals surface area contributed by atoms with Crippen LogP contribution in [0.5, 0.6) is 0 Å². The lowest BCUT2D eigenvalue weighted by Gasteiger charge is -2.30. The fraction of sp³-hybridized carbons (Fsp3) is 0. The predicted octanol–water partition coefficient (Wildman–Crippen LogP) is 18.2. The predicted molar refractivity (Wildman–Crippen MR) is 282 cm³/mol. The zero-order valence-electron chi connectivity index (χ0n) is 36.3. The van der Waals surface area contributed by atoms with E-state index in [9.17, 15) is 0 Å². The summed E-state index contributed by atoms with van der Waals surface area (Å²) in [6.45, 7) is 0. The molecule has 12 aromatic carbocycles. The van der Waals surface area contributed by atoms with E-state index in [2.05, 4.69) is 277 Å². The number of fused-ring (bicyclic) bond motifs is 4. The molecule has 0 radical (unpaired) electrons. The third kappa shape index (κ3) is 6.93. The highest BCUT2D eigenvalue weighted by Crippen LogP contribution is 2.48. The van der Waals surface area contributed by atoms with Gasteiger partial charge < -0.3 is 9.80 Å². The standard InChI is InChI=1S/C64H44N2/c1-3-23-53(24-4-1)65(59-31-15-21-47-17-7-11-27-55(47)59)61-43-41-49-19-9-13-29-57(49)63(61)51-37-33-45(34-38-51)46-35-39-52(40-36-46)64-58-30-14-10-20-50(58)42-44-62(64)66(54-25-5-2-6-26-54)60-32-16-22-48-18-8-12-28-56(48)60/h1-44H. The van der Waals surface area contributed by atoms with E-state index in [1.165, 1.54) is 65.3 Å². The quantitative estimate of drug-likeness (QED) is 0.143. The van der Waals surface area contributed by atoms with Crippen LogP contribution in [0.2, 0.25) is 0 Å². The zero-order chi connectivity index (χ0) is 43.8. The largest absolute Gasteiger partial charge is 0.309 e. The first kappa shape index (κ1) is 38.9. The van der Waals surface area contributed by atoms with Crippen molar-refractivity contribution in [1.29, 1.82) is 0 Å². The summed E-state index contributed by atoms with van der Waals surface area (Å²) < 4.78 is 0. The van der Waals surface area contributed by atoms with Crippen LogP contribution in [0.25, 0.3) is 76.5 Å². The van der Waals surface area contributed by atoms with Gasteiger partial charge in [-0.15, -0.1) is 0 Å². The van der Waals surface area contributed by atoms with Crippen molar-refractivity contribution in [2.45, 2.75) is 0 Å². The van der Waals surface area contributed by atoms with Crippen LogP contribution in [0, 0.1) is 0 Å². The van der Waals surface area contributed by atoms with Crippen molar-refractivity contribution >= 4 is 77.2 Å². The van der Waals surface area contributed by atoms with Gasteiger partial charge in [0.1, 0.15) is 0 Å². The van der Waals surface area contributed by atoms with Crippen LogP contribution in [0.15, 0.2) is 267 Å². The third-order valence-corrected chi connectivity index (χ3v) is 13.0. The Bertz CT molecular complexity index is 3430. The van der Waals surface area contributed by atoms with Gasteiger partial charge >= 0.3 is 0 Å².